The molecule has 0 bridgehead atoms. The second-order valence-electron chi connectivity index (χ2n) is 4.96. The summed E-state index contributed by atoms with van der Waals surface area (Å²) in [6.07, 6.45) is 4.41. The van der Waals surface area contributed by atoms with Crippen LogP contribution in [0.25, 0.3) is 0 Å². The summed E-state index contributed by atoms with van der Waals surface area (Å²) in [7, 11) is -3.12. The molecule has 0 radical (unpaired) electrons. The van der Waals surface area contributed by atoms with Crippen LogP contribution in [0.15, 0.2) is 4.47 Å². The standard InChI is InChI=1S/C12H18BrN3O2S/c1-3-6-14-12-10(13)11(8-4-5-8)15-9(16-12)7-19(2,17)18/h8H,3-7H2,1-2H3,(H,14,15,16). The van der Waals surface area contributed by atoms with E-state index >= 15 is 0 Å². The first-order valence-corrected chi connectivity index (χ1v) is 9.24. The molecule has 19 heavy (non-hydrogen) atoms. The second-order valence-corrected chi connectivity index (χ2v) is 7.89. The zero-order valence-electron chi connectivity index (χ0n) is 11.1. The molecule has 0 aromatic carbocycles. The van der Waals surface area contributed by atoms with E-state index in [1.54, 1.807) is 0 Å². The molecule has 0 atom stereocenters. The smallest absolute Gasteiger partial charge is 0.154 e. The number of rotatable bonds is 6. The molecule has 1 aliphatic rings. The van der Waals surface area contributed by atoms with Gasteiger partial charge in [-0.25, -0.2) is 18.4 Å². The first kappa shape index (κ1) is 14.7. The van der Waals surface area contributed by atoms with Crippen molar-refractivity contribution in [3.8, 4) is 0 Å². The Balaban J connectivity index is 2.35. The molecular weight excluding hydrogens is 330 g/mol. The quantitative estimate of drug-likeness (QED) is 0.855. The molecule has 2 rings (SSSR count). The molecule has 106 valence electrons. The van der Waals surface area contributed by atoms with Gasteiger partial charge in [0.15, 0.2) is 9.84 Å². The Labute approximate surface area is 122 Å². The van der Waals surface area contributed by atoms with Crippen molar-refractivity contribution in [3.63, 3.8) is 0 Å². The number of hydrogen-bond acceptors (Lipinski definition) is 5. The maximum atomic E-state index is 11.4. The van der Waals surface area contributed by atoms with Crippen molar-refractivity contribution >= 4 is 31.6 Å². The summed E-state index contributed by atoms with van der Waals surface area (Å²) in [5, 5.41) is 3.22. The van der Waals surface area contributed by atoms with Crippen LogP contribution in [0, 0.1) is 0 Å². The van der Waals surface area contributed by atoms with Gasteiger partial charge in [-0.2, -0.15) is 0 Å². The van der Waals surface area contributed by atoms with Crippen LogP contribution in [-0.4, -0.2) is 31.2 Å². The summed E-state index contributed by atoms with van der Waals surface area (Å²) < 4.78 is 23.7. The van der Waals surface area contributed by atoms with Gasteiger partial charge in [-0.05, 0) is 35.2 Å². The van der Waals surface area contributed by atoms with Crippen molar-refractivity contribution in [3.05, 3.63) is 16.0 Å². The molecule has 7 heteroatoms. The molecule has 0 saturated heterocycles. The van der Waals surface area contributed by atoms with Gasteiger partial charge in [0.2, 0.25) is 0 Å². The monoisotopic (exact) mass is 347 g/mol. The van der Waals surface area contributed by atoms with Crippen LogP contribution in [0.5, 0.6) is 0 Å². The zero-order chi connectivity index (χ0) is 14.0. The van der Waals surface area contributed by atoms with Crippen LogP contribution in [0.1, 0.15) is 43.6 Å². The number of nitrogens with zero attached hydrogens (tertiary/aromatic N) is 2. The van der Waals surface area contributed by atoms with Crippen molar-refractivity contribution in [1.29, 1.82) is 0 Å². The van der Waals surface area contributed by atoms with E-state index in [-0.39, 0.29) is 5.75 Å². The van der Waals surface area contributed by atoms with Crippen molar-refractivity contribution in [2.75, 3.05) is 18.1 Å². The highest BCUT2D eigenvalue weighted by molar-refractivity contribution is 9.10. The molecule has 0 spiro atoms. The third-order valence-corrected chi connectivity index (χ3v) is 4.39. The summed E-state index contributed by atoms with van der Waals surface area (Å²) in [6.45, 7) is 2.87. The van der Waals surface area contributed by atoms with E-state index < -0.39 is 9.84 Å². The van der Waals surface area contributed by atoms with E-state index in [2.05, 4.69) is 38.1 Å². The van der Waals surface area contributed by atoms with Crippen LogP contribution in [-0.2, 0) is 15.6 Å². The summed E-state index contributed by atoms with van der Waals surface area (Å²) in [4.78, 5) is 8.73. The molecular formula is C12H18BrN3O2S. The fourth-order valence-electron chi connectivity index (χ4n) is 1.80. The molecule has 0 amide bonds. The minimum atomic E-state index is -3.12. The number of nitrogens with one attached hydrogen (secondary N) is 1. The van der Waals surface area contributed by atoms with Gasteiger partial charge in [0, 0.05) is 18.7 Å². The fourth-order valence-corrected chi connectivity index (χ4v) is 3.04. The average Bonchev–Trinajstić information content (AvgIpc) is 3.11. The number of halogens is 1. The second kappa shape index (κ2) is 5.75. The highest BCUT2D eigenvalue weighted by Crippen LogP contribution is 2.43. The number of aromatic nitrogens is 2. The Morgan fingerprint density at radius 3 is 2.58 bits per heavy atom. The fraction of sp³-hybridized carbons (Fsp3) is 0.667. The van der Waals surface area contributed by atoms with Gasteiger partial charge in [-0.3, -0.25) is 0 Å². The topological polar surface area (TPSA) is 72.0 Å². The summed E-state index contributed by atoms with van der Waals surface area (Å²) in [6, 6.07) is 0. The molecule has 1 heterocycles. The molecule has 1 aromatic rings. The lowest BCUT2D eigenvalue weighted by Crippen LogP contribution is -2.11. The van der Waals surface area contributed by atoms with Gasteiger partial charge in [0.1, 0.15) is 17.4 Å². The lowest BCUT2D eigenvalue weighted by atomic mass is 10.2. The van der Waals surface area contributed by atoms with Gasteiger partial charge >= 0.3 is 0 Å². The van der Waals surface area contributed by atoms with E-state index in [0.29, 0.717) is 17.6 Å². The van der Waals surface area contributed by atoms with Crippen molar-refractivity contribution in [2.45, 2.75) is 37.9 Å². The van der Waals surface area contributed by atoms with Gasteiger partial charge < -0.3 is 5.32 Å². The van der Waals surface area contributed by atoms with Gasteiger partial charge in [0.05, 0.1) is 10.2 Å². The third-order valence-electron chi connectivity index (χ3n) is 2.82. The van der Waals surface area contributed by atoms with Crippen molar-refractivity contribution < 1.29 is 8.42 Å². The Morgan fingerprint density at radius 1 is 1.37 bits per heavy atom. The number of hydrogen-bond donors (Lipinski definition) is 1. The predicted molar refractivity (Wildman–Crippen MR) is 79.0 cm³/mol. The van der Waals surface area contributed by atoms with Gasteiger partial charge in [0.25, 0.3) is 0 Å². The van der Waals surface area contributed by atoms with Gasteiger partial charge in [-0.15, -0.1) is 0 Å². The summed E-state index contributed by atoms with van der Waals surface area (Å²) in [5.41, 5.74) is 0.937. The minimum absolute atomic E-state index is 0.110. The largest absolute Gasteiger partial charge is 0.369 e. The predicted octanol–water partition coefficient (Wildman–Crippen LogP) is 2.48. The summed E-state index contributed by atoms with van der Waals surface area (Å²) in [5.74, 6) is 1.42. The molecule has 0 aliphatic heterocycles. The molecule has 1 saturated carbocycles. The van der Waals surface area contributed by atoms with Crippen molar-refractivity contribution in [2.24, 2.45) is 0 Å². The zero-order valence-corrected chi connectivity index (χ0v) is 13.5. The maximum Gasteiger partial charge on any atom is 0.154 e. The first-order chi connectivity index (χ1) is 8.90. The molecule has 1 N–H and O–H groups in total. The van der Waals surface area contributed by atoms with E-state index in [4.69, 9.17) is 0 Å². The SMILES string of the molecule is CCCNc1nc(CS(C)(=O)=O)nc(C2CC2)c1Br. The Kier molecular flexibility index (Phi) is 4.45. The Morgan fingerprint density at radius 2 is 2.05 bits per heavy atom. The lowest BCUT2D eigenvalue weighted by Gasteiger charge is -2.12. The van der Waals surface area contributed by atoms with E-state index in [1.807, 2.05) is 0 Å². The minimum Gasteiger partial charge on any atom is -0.369 e. The normalized spacial score (nSPS) is 15.5. The highest BCUT2D eigenvalue weighted by Gasteiger charge is 2.29. The van der Waals surface area contributed by atoms with Crippen molar-refractivity contribution in [1.82, 2.24) is 9.97 Å². The lowest BCUT2D eigenvalue weighted by molar-refractivity contribution is 0.599. The summed E-state index contributed by atoms with van der Waals surface area (Å²) >= 11 is 3.53. The van der Waals surface area contributed by atoms with E-state index in [0.717, 1.165) is 36.0 Å². The van der Waals surface area contributed by atoms with E-state index in [1.165, 1.54) is 6.26 Å². The highest BCUT2D eigenvalue weighted by atomic mass is 79.9. The Hall–Kier alpha value is -0.690. The molecule has 1 aromatic heterocycles. The molecule has 5 nitrogen and oxygen atoms in total. The number of anilines is 1. The van der Waals surface area contributed by atoms with Crippen LogP contribution in [0.3, 0.4) is 0 Å². The molecule has 1 fully saturated rings. The van der Waals surface area contributed by atoms with E-state index in [9.17, 15) is 8.42 Å². The first-order valence-electron chi connectivity index (χ1n) is 6.38. The van der Waals surface area contributed by atoms with Crippen LogP contribution < -0.4 is 5.32 Å². The van der Waals surface area contributed by atoms with Crippen LogP contribution in [0.4, 0.5) is 5.82 Å². The number of sulfone groups is 1. The third kappa shape index (κ3) is 4.14. The van der Waals surface area contributed by atoms with Crippen LogP contribution >= 0.6 is 15.9 Å². The average molecular weight is 348 g/mol. The van der Waals surface area contributed by atoms with Gasteiger partial charge in [-0.1, -0.05) is 6.92 Å². The Bertz CT molecular complexity index is 571. The molecule has 0 unspecified atom stereocenters. The maximum absolute atomic E-state index is 11.4. The molecule has 1 aliphatic carbocycles. The van der Waals surface area contributed by atoms with Crippen LogP contribution in [0.2, 0.25) is 0 Å².